The summed E-state index contributed by atoms with van der Waals surface area (Å²) < 4.78 is 0. The van der Waals surface area contributed by atoms with Crippen LogP contribution in [0.3, 0.4) is 0 Å². The van der Waals surface area contributed by atoms with Gasteiger partial charge in [0, 0.05) is 12.7 Å². The lowest BCUT2D eigenvalue weighted by atomic mass is 10.2. The molecule has 0 unspecified atom stereocenters. The molecule has 17 heavy (non-hydrogen) atoms. The molecule has 1 aromatic rings. The van der Waals surface area contributed by atoms with E-state index in [9.17, 15) is 4.79 Å². The van der Waals surface area contributed by atoms with Gasteiger partial charge in [-0.2, -0.15) is 10.5 Å². The highest BCUT2D eigenvalue weighted by Gasteiger charge is 2.15. The van der Waals surface area contributed by atoms with Gasteiger partial charge < -0.3 is 4.90 Å². The third kappa shape index (κ3) is 3.29. The molecule has 1 aromatic heterocycles. The zero-order valence-electron chi connectivity index (χ0n) is 9.55. The standard InChI is InChI=1S/C12H12N4O/c1-2-6-16(7-5-13)12(17)11-4-3-10(8-14)9-15-11/h3-4,9H,2,6-7H2,1H3. The van der Waals surface area contributed by atoms with Crippen LogP contribution in [0.5, 0.6) is 0 Å². The summed E-state index contributed by atoms with van der Waals surface area (Å²) in [6.45, 7) is 2.51. The highest BCUT2D eigenvalue weighted by molar-refractivity contribution is 5.92. The first kappa shape index (κ1) is 12.7. The minimum Gasteiger partial charge on any atom is -0.324 e. The fourth-order valence-electron chi connectivity index (χ4n) is 1.36. The van der Waals surface area contributed by atoms with Crippen LogP contribution in [0.15, 0.2) is 18.3 Å². The van der Waals surface area contributed by atoms with E-state index in [-0.39, 0.29) is 18.1 Å². The van der Waals surface area contributed by atoms with E-state index < -0.39 is 0 Å². The van der Waals surface area contributed by atoms with E-state index in [0.717, 1.165) is 6.42 Å². The summed E-state index contributed by atoms with van der Waals surface area (Å²) in [6, 6.07) is 6.92. The maximum Gasteiger partial charge on any atom is 0.273 e. The molecule has 0 saturated heterocycles. The molecule has 0 aliphatic rings. The minimum atomic E-state index is -0.280. The Kier molecular flexibility index (Phi) is 4.65. The summed E-state index contributed by atoms with van der Waals surface area (Å²) in [5.74, 6) is -0.280. The van der Waals surface area contributed by atoms with Gasteiger partial charge in [0.2, 0.25) is 0 Å². The van der Waals surface area contributed by atoms with Crippen LogP contribution >= 0.6 is 0 Å². The molecule has 0 aromatic carbocycles. The Morgan fingerprint density at radius 2 is 2.24 bits per heavy atom. The van der Waals surface area contributed by atoms with Crippen molar-refractivity contribution in [3.8, 4) is 12.1 Å². The van der Waals surface area contributed by atoms with Crippen molar-refractivity contribution in [2.75, 3.05) is 13.1 Å². The Bertz CT molecular complexity index is 467. The second-order valence-electron chi connectivity index (χ2n) is 3.43. The Balaban J connectivity index is 2.86. The van der Waals surface area contributed by atoms with Crippen LogP contribution in [-0.2, 0) is 0 Å². The molecule has 1 rings (SSSR count). The lowest BCUT2D eigenvalue weighted by Gasteiger charge is -2.17. The monoisotopic (exact) mass is 228 g/mol. The topological polar surface area (TPSA) is 80.8 Å². The lowest BCUT2D eigenvalue weighted by molar-refractivity contribution is 0.0770. The van der Waals surface area contributed by atoms with E-state index in [1.54, 1.807) is 0 Å². The Morgan fingerprint density at radius 3 is 2.71 bits per heavy atom. The van der Waals surface area contributed by atoms with Gasteiger partial charge in [-0.05, 0) is 18.6 Å². The second kappa shape index (κ2) is 6.24. The molecule has 5 nitrogen and oxygen atoms in total. The first-order valence-corrected chi connectivity index (χ1v) is 5.25. The quantitative estimate of drug-likeness (QED) is 0.728. The Hall–Kier alpha value is -2.40. The summed E-state index contributed by atoms with van der Waals surface area (Å²) in [7, 11) is 0. The average Bonchev–Trinajstić information content (AvgIpc) is 2.38. The third-order valence-electron chi connectivity index (χ3n) is 2.15. The molecule has 5 heteroatoms. The molecule has 0 bridgehead atoms. The summed E-state index contributed by atoms with van der Waals surface area (Å²) in [6.07, 6.45) is 2.13. The minimum absolute atomic E-state index is 0.0500. The Morgan fingerprint density at radius 1 is 1.47 bits per heavy atom. The first-order valence-electron chi connectivity index (χ1n) is 5.25. The van der Waals surface area contributed by atoms with Gasteiger partial charge in [-0.25, -0.2) is 4.98 Å². The van der Waals surface area contributed by atoms with Gasteiger partial charge in [-0.1, -0.05) is 6.92 Å². The van der Waals surface area contributed by atoms with Crippen LogP contribution in [-0.4, -0.2) is 28.9 Å². The van der Waals surface area contributed by atoms with Crippen LogP contribution < -0.4 is 0 Å². The summed E-state index contributed by atoms with van der Waals surface area (Å²) in [5.41, 5.74) is 0.663. The Labute approximate surface area is 99.9 Å². The predicted octanol–water partition coefficient (Wildman–Crippen LogP) is 1.33. The number of rotatable bonds is 4. The first-order chi connectivity index (χ1) is 8.22. The largest absolute Gasteiger partial charge is 0.324 e. The maximum absolute atomic E-state index is 12.0. The number of pyridine rings is 1. The molecule has 0 N–H and O–H groups in total. The van der Waals surface area contributed by atoms with Crippen LogP contribution in [0.4, 0.5) is 0 Å². The molecule has 0 radical (unpaired) electrons. The van der Waals surface area contributed by atoms with Crippen molar-refractivity contribution in [1.82, 2.24) is 9.88 Å². The SMILES string of the molecule is CCCN(CC#N)C(=O)c1ccc(C#N)cn1. The fraction of sp³-hybridized carbons (Fsp3) is 0.333. The van der Waals surface area contributed by atoms with E-state index in [1.165, 1.54) is 23.2 Å². The van der Waals surface area contributed by atoms with Gasteiger partial charge in [-0.3, -0.25) is 4.79 Å². The molecule has 0 saturated carbocycles. The molecule has 0 aliphatic carbocycles. The van der Waals surface area contributed by atoms with Gasteiger partial charge in [0.25, 0.3) is 5.91 Å². The van der Waals surface area contributed by atoms with Crippen LogP contribution in [0, 0.1) is 22.7 Å². The van der Waals surface area contributed by atoms with Gasteiger partial charge in [-0.15, -0.1) is 0 Å². The average molecular weight is 228 g/mol. The molecule has 1 heterocycles. The highest BCUT2D eigenvalue weighted by Crippen LogP contribution is 2.04. The fourth-order valence-corrected chi connectivity index (χ4v) is 1.36. The van der Waals surface area contributed by atoms with Crippen molar-refractivity contribution in [2.24, 2.45) is 0 Å². The lowest BCUT2D eigenvalue weighted by Crippen LogP contribution is -2.32. The number of nitrogens with zero attached hydrogens (tertiary/aromatic N) is 4. The molecule has 0 atom stereocenters. The van der Waals surface area contributed by atoms with Gasteiger partial charge in [0.05, 0.1) is 11.6 Å². The van der Waals surface area contributed by atoms with Crippen LogP contribution in [0.2, 0.25) is 0 Å². The van der Waals surface area contributed by atoms with E-state index in [1.807, 2.05) is 19.1 Å². The smallest absolute Gasteiger partial charge is 0.273 e. The van der Waals surface area contributed by atoms with Gasteiger partial charge in [0.15, 0.2) is 0 Å². The zero-order valence-corrected chi connectivity index (χ0v) is 9.55. The van der Waals surface area contributed by atoms with Crippen molar-refractivity contribution in [2.45, 2.75) is 13.3 Å². The number of aromatic nitrogens is 1. The molecular formula is C12H12N4O. The molecule has 0 fully saturated rings. The number of carbonyl (C=O) groups is 1. The number of amides is 1. The summed E-state index contributed by atoms with van der Waals surface area (Å²) in [5, 5.41) is 17.3. The molecule has 1 amide bonds. The van der Waals surface area contributed by atoms with Crippen molar-refractivity contribution in [3.05, 3.63) is 29.6 Å². The van der Waals surface area contributed by atoms with Crippen LogP contribution in [0.25, 0.3) is 0 Å². The molecule has 86 valence electrons. The predicted molar refractivity (Wildman–Crippen MR) is 60.8 cm³/mol. The van der Waals surface area contributed by atoms with Gasteiger partial charge in [0.1, 0.15) is 18.3 Å². The number of hydrogen-bond donors (Lipinski definition) is 0. The van der Waals surface area contributed by atoms with Crippen molar-refractivity contribution in [3.63, 3.8) is 0 Å². The number of nitriles is 2. The van der Waals surface area contributed by atoms with E-state index in [0.29, 0.717) is 12.1 Å². The molecule has 0 aliphatic heterocycles. The van der Waals surface area contributed by atoms with Crippen molar-refractivity contribution >= 4 is 5.91 Å². The third-order valence-corrected chi connectivity index (χ3v) is 2.15. The van der Waals surface area contributed by atoms with Crippen molar-refractivity contribution in [1.29, 1.82) is 10.5 Å². The van der Waals surface area contributed by atoms with Gasteiger partial charge >= 0.3 is 0 Å². The molecular weight excluding hydrogens is 216 g/mol. The number of hydrogen-bond acceptors (Lipinski definition) is 4. The summed E-state index contributed by atoms with van der Waals surface area (Å²) >= 11 is 0. The molecule has 0 spiro atoms. The van der Waals surface area contributed by atoms with E-state index in [4.69, 9.17) is 10.5 Å². The van der Waals surface area contributed by atoms with Crippen LogP contribution in [0.1, 0.15) is 29.4 Å². The van der Waals surface area contributed by atoms with Crippen molar-refractivity contribution < 1.29 is 4.79 Å². The second-order valence-corrected chi connectivity index (χ2v) is 3.43. The maximum atomic E-state index is 12.0. The van der Waals surface area contributed by atoms with E-state index in [2.05, 4.69) is 4.98 Å². The van der Waals surface area contributed by atoms with E-state index >= 15 is 0 Å². The normalized spacial score (nSPS) is 9.12. The highest BCUT2D eigenvalue weighted by atomic mass is 16.2. The zero-order chi connectivity index (χ0) is 12.7. The summed E-state index contributed by atoms with van der Waals surface area (Å²) in [4.78, 5) is 17.3. The number of carbonyl (C=O) groups excluding carboxylic acids is 1.